The van der Waals surface area contributed by atoms with Crippen LogP contribution in [0.25, 0.3) is 11.3 Å². The first kappa shape index (κ1) is 13.5. The maximum Gasteiger partial charge on any atom is 0.168 e. The van der Waals surface area contributed by atoms with E-state index in [4.69, 9.17) is 0 Å². The summed E-state index contributed by atoms with van der Waals surface area (Å²) in [7, 11) is 0. The number of nitrogens with zero attached hydrogens (tertiary/aromatic N) is 1. The van der Waals surface area contributed by atoms with Crippen molar-refractivity contribution in [2.24, 2.45) is 0 Å². The van der Waals surface area contributed by atoms with Crippen molar-refractivity contribution >= 4 is 5.69 Å². The molecule has 2 nitrogen and oxygen atoms in total. The number of nitrogens with one attached hydrogen (secondary N) is 1. The largest absolute Gasteiger partial charge is 0.385 e. The molecule has 1 N–H and O–H groups in total. The number of aromatic nitrogens is 1. The molecule has 4 heteroatoms. The second-order valence-electron chi connectivity index (χ2n) is 4.41. The lowest BCUT2D eigenvalue weighted by Gasteiger charge is -2.08. The zero-order valence-corrected chi connectivity index (χ0v) is 11.0. The van der Waals surface area contributed by atoms with Crippen molar-refractivity contribution in [3.63, 3.8) is 0 Å². The molecule has 0 spiro atoms. The zero-order valence-electron chi connectivity index (χ0n) is 11.0. The molecule has 0 aliphatic rings. The molecule has 2 aromatic rings. The molecule has 1 heterocycles. The van der Waals surface area contributed by atoms with Crippen molar-refractivity contribution in [1.29, 1.82) is 0 Å². The summed E-state index contributed by atoms with van der Waals surface area (Å²) in [5.74, 6) is -1.66. The summed E-state index contributed by atoms with van der Waals surface area (Å²) in [5, 5.41) is 3.19. The fourth-order valence-corrected chi connectivity index (χ4v) is 1.80. The Bertz CT molecular complexity index is 582. The highest BCUT2D eigenvalue weighted by Crippen LogP contribution is 2.26. The van der Waals surface area contributed by atoms with Crippen LogP contribution in [-0.4, -0.2) is 11.5 Å². The van der Waals surface area contributed by atoms with Crippen LogP contribution in [0.3, 0.4) is 0 Å². The third kappa shape index (κ3) is 2.89. The Morgan fingerprint density at radius 2 is 1.95 bits per heavy atom. The summed E-state index contributed by atoms with van der Waals surface area (Å²) in [6.45, 7) is 4.42. The van der Waals surface area contributed by atoms with Crippen molar-refractivity contribution in [1.82, 2.24) is 4.98 Å². The van der Waals surface area contributed by atoms with Crippen molar-refractivity contribution in [2.75, 3.05) is 11.9 Å². The van der Waals surface area contributed by atoms with Crippen molar-refractivity contribution in [3.05, 3.63) is 47.7 Å². The van der Waals surface area contributed by atoms with Gasteiger partial charge in [0.05, 0.1) is 5.69 Å². The van der Waals surface area contributed by atoms with Gasteiger partial charge in [0.1, 0.15) is 0 Å². The van der Waals surface area contributed by atoms with E-state index in [1.807, 2.05) is 6.07 Å². The summed E-state index contributed by atoms with van der Waals surface area (Å²) in [4.78, 5) is 4.10. The highest BCUT2D eigenvalue weighted by Gasteiger charge is 2.13. The molecule has 100 valence electrons. The molecule has 0 radical (unpaired) electrons. The van der Waals surface area contributed by atoms with Crippen LogP contribution in [0.4, 0.5) is 14.5 Å². The molecule has 0 bridgehead atoms. The maximum absolute atomic E-state index is 13.9. The Morgan fingerprint density at radius 3 is 2.68 bits per heavy atom. The van der Waals surface area contributed by atoms with Crippen LogP contribution < -0.4 is 5.32 Å². The third-order valence-corrected chi connectivity index (χ3v) is 2.89. The fraction of sp³-hybridized carbons (Fsp3) is 0.267. The van der Waals surface area contributed by atoms with Gasteiger partial charge >= 0.3 is 0 Å². The predicted molar refractivity (Wildman–Crippen MR) is 73.1 cm³/mol. The number of aryl methyl sites for hydroxylation is 1. The lowest BCUT2D eigenvalue weighted by atomic mass is 10.1. The van der Waals surface area contributed by atoms with E-state index in [9.17, 15) is 8.78 Å². The summed E-state index contributed by atoms with van der Waals surface area (Å²) >= 11 is 0. The van der Waals surface area contributed by atoms with E-state index in [2.05, 4.69) is 17.2 Å². The number of rotatable bonds is 4. The molecule has 0 atom stereocenters. The number of hydrogen-bond acceptors (Lipinski definition) is 2. The van der Waals surface area contributed by atoms with Crippen LogP contribution in [-0.2, 0) is 0 Å². The molecule has 0 aliphatic heterocycles. The molecule has 0 fully saturated rings. The van der Waals surface area contributed by atoms with E-state index in [-0.39, 0.29) is 5.56 Å². The maximum atomic E-state index is 13.9. The highest BCUT2D eigenvalue weighted by molar-refractivity contribution is 5.65. The molecule has 2 rings (SSSR count). The number of benzene rings is 1. The van der Waals surface area contributed by atoms with Crippen molar-refractivity contribution in [2.45, 2.75) is 20.3 Å². The quantitative estimate of drug-likeness (QED) is 0.895. The van der Waals surface area contributed by atoms with E-state index >= 15 is 0 Å². The lowest BCUT2D eigenvalue weighted by Crippen LogP contribution is -2.01. The smallest absolute Gasteiger partial charge is 0.168 e. The molecule has 1 aromatic carbocycles. The number of anilines is 1. The van der Waals surface area contributed by atoms with E-state index in [0.29, 0.717) is 11.3 Å². The molecule has 0 saturated heterocycles. The molecule has 19 heavy (non-hydrogen) atoms. The van der Waals surface area contributed by atoms with Gasteiger partial charge in [-0.15, -0.1) is 0 Å². The standard InChI is InChI=1S/C15H16F2N2/c1-3-7-18-11-6-8-19-13(9-11)12-5-4-10(2)14(16)15(12)17/h4-6,8-9H,3,7H2,1-2H3,(H,18,19). The topological polar surface area (TPSA) is 24.9 Å². The van der Waals surface area contributed by atoms with Gasteiger partial charge in [0.2, 0.25) is 0 Å². The minimum atomic E-state index is -0.847. The Hall–Kier alpha value is -1.97. The first-order chi connectivity index (χ1) is 9.13. The van der Waals surface area contributed by atoms with Gasteiger partial charge < -0.3 is 5.32 Å². The minimum absolute atomic E-state index is 0.184. The van der Waals surface area contributed by atoms with Gasteiger partial charge in [-0.3, -0.25) is 4.98 Å². The Balaban J connectivity index is 2.39. The first-order valence-electron chi connectivity index (χ1n) is 6.28. The molecule has 0 amide bonds. The molecule has 0 saturated carbocycles. The zero-order chi connectivity index (χ0) is 13.8. The summed E-state index contributed by atoms with van der Waals surface area (Å²) in [6, 6.07) is 6.64. The second-order valence-corrected chi connectivity index (χ2v) is 4.41. The number of hydrogen-bond donors (Lipinski definition) is 1. The van der Waals surface area contributed by atoms with E-state index < -0.39 is 11.6 Å². The molecular formula is C15H16F2N2. The van der Waals surface area contributed by atoms with Gasteiger partial charge in [0.15, 0.2) is 11.6 Å². The average Bonchev–Trinajstić information content (AvgIpc) is 2.43. The molecule has 1 aromatic heterocycles. The average molecular weight is 262 g/mol. The van der Waals surface area contributed by atoms with Gasteiger partial charge in [-0.2, -0.15) is 0 Å². The Labute approximate surface area is 111 Å². The predicted octanol–water partition coefficient (Wildman–Crippen LogP) is 4.16. The van der Waals surface area contributed by atoms with Gasteiger partial charge in [-0.1, -0.05) is 13.0 Å². The monoisotopic (exact) mass is 262 g/mol. The van der Waals surface area contributed by atoms with Gasteiger partial charge in [0, 0.05) is 24.0 Å². The highest BCUT2D eigenvalue weighted by atomic mass is 19.2. The normalized spacial score (nSPS) is 10.5. The Morgan fingerprint density at radius 1 is 1.16 bits per heavy atom. The van der Waals surface area contributed by atoms with E-state index in [1.165, 1.54) is 6.92 Å². The third-order valence-electron chi connectivity index (χ3n) is 2.89. The summed E-state index contributed by atoms with van der Waals surface area (Å²) in [5.41, 5.74) is 1.76. The van der Waals surface area contributed by atoms with Gasteiger partial charge in [-0.05, 0) is 37.1 Å². The Kier molecular flexibility index (Phi) is 4.10. The van der Waals surface area contributed by atoms with Crippen LogP contribution in [0.5, 0.6) is 0 Å². The van der Waals surface area contributed by atoms with Gasteiger partial charge in [-0.25, -0.2) is 8.78 Å². The van der Waals surface area contributed by atoms with E-state index in [1.54, 1.807) is 24.4 Å². The minimum Gasteiger partial charge on any atom is -0.385 e. The van der Waals surface area contributed by atoms with E-state index in [0.717, 1.165) is 18.7 Å². The summed E-state index contributed by atoms with van der Waals surface area (Å²) in [6.07, 6.45) is 2.58. The van der Waals surface area contributed by atoms with Crippen molar-refractivity contribution in [3.8, 4) is 11.3 Å². The van der Waals surface area contributed by atoms with Crippen molar-refractivity contribution < 1.29 is 8.78 Å². The first-order valence-corrected chi connectivity index (χ1v) is 6.28. The van der Waals surface area contributed by atoms with Crippen LogP contribution >= 0.6 is 0 Å². The second kappa shape index (κ2) is 5.78. The van der Waals surface area contributed by atoms with Crippen LogP contribution in [0, 0.1) is 18.6 Å². The van der Waals surface area contributed by atoms with Crippen LogP contribution in [0.2, 0.25) is 0 Å². The van der Waals surface area contributed by atoms with Crippen LogP contribution in [0.15, 0.2) is 30.5 Å². The molecule has 0 aliphatic carbocycles. The summed E-state index contributed by atoms with van der Waals surface area (Å²) < 4.78 is 27.5. The number of pyridine rings is 1. The SMILES string of the molecule is CCCNc1ccnc(-c2ccc(C)c(F)c2F)c1. The number of halogens is 2. The van der Waals surface area contributed by atoms with Gasteiger partial charge in [0.25, 0.3) is 0 Å². The molecule has 0 unspecified atom stereocenters. The molecular weight excluding hydrogens is 246 g/mol. The lowest BCUT2D eigenvalue weighted by molar-refractivity contribution is 0.505. The van der Waals surface area contributed by atoms with Crippen LogP contribution in [0.1, 0.15) is 18.9 Å². The fourth-order valence-electron chi connectivity index (χ4n) is 1.80.